The Morgan fingerprint density at radius 3 is 2.26 bits per heavy atom. The highest BCUT2D eigenvalue weighted by atomic mass is 19.4. The van der Waals surface area contributed by atoms with Crippen LogP contribution < -0.4 is 15.8 Å². The molecule has 0 bridgehead atoms. The highest BCUT2D eigenvalue weighted by molar-refractivity contribution is 6.16. The number of benzene rings is 3. The van der Waals surface area contributed by atoms with Gasteiger partial charge in [0.25, 0.3) is 0 Å². The molecule has 1 aliphatic carbocycles. The number of rotatable bonds is 10. The number of hydrogen-bond donors (Lipinski definition) is 2. The Morgan fingerprint density at radius 2 is 1.64 bits per heavy atom. The zero-order chi connectivity index (χ0) is 29.9. The molecule has 0 saturated heterocycles. The number of amides is 2. The van der Waals surface area contributed by atoms with Gasteiger partial charge in [-0.2, -0.15) is 13.2 Å². The van der Waals surface area contributed by atoms with Gasteiger partial charge in [0.2, 0.25) is 11.8 Å². The summed E-state index contributed by atoms with van der Waals surface area (Å²) in [5, 5.41) is 2.57. The average molecular weight is 578 g/mol. The maximum atomic E-state index is 13.7. The van der Waals surface area contributed by atoms with Crippen LogP contribution >= 0.6 is 0 Å². The summed E-state index contributed by atoms with van der Waals surface area (Å²) >= 11 is 0. The van der Waals surface area contributed by atoms with Gasteiger partial charge in [0, 0.05) is 29.5 Å². The van der Waals surface area contributed by atoms with E-state index in [0.29, 0.717) is 33.7 Å². The molecule has 3 atom stereocenters. The number of hydrogen-bond acceptors (Lipinski definition) is 5. The van der Waals surface area contributed by atoms with Gasteiger partial charge in [0.1, 0.15) is 5.75 Å². The predicted octanol–water partition coefficient (Wildman–Crippen LogP) is 4.86. The number of carbonyl (C=O) groups excluding carboxylic acids is 3. The Labute approximate surface area is 241 Å². The number of nitrogens with one attached hydrogen (secondary N) is 1. The molecule has 2 amide bonds. The third-order valence-corrected chi connectivity index (χ3v) is 7.39. The van der Waals surface area contributed by atoms with Crippen LogP contribution in [0.5, 0.6) is 5.75 Å². The Bertz CT molecular complexity index is 1490. The van der Waals surface area contributed by atoms with Crippen LogP contribution in [0.25, 0.3) is 0 Å². The van der Waals surface area contributed by atoms with E-state index in [0.717, 1.165) is 12.8 Å². The zero-order valence-corrected chi connectivity index (χ0v) is 22.6. The van der Waals surface area contributed by atoms with Crippen molar-refractivity contribution in [1.82, 2.24) is 5.32 Å². The van der Waals surface area contributed by atoms with E-state index in [1.54, 1.807) is 24.3 Å². The summed E-state index contributed by atoms with van der Waals surface area (Å²) in [5.41, 5.74) is 8.36. The van der Waals surface area contributed by atoms with E-state index in [-0.39, 0.29) is 12.5 Å². The van der Waals surface area contributed by atoms with Gasteiger partial charge in [-0.1, -0.05) is 72.8 Å². The van der Waals surface area contributed by atoms with E-state index in [2.05, 4.69) is 10.3 Å². The molecule has 1 aliphatic heterocycles. The molecule has 0 spiro atoms. The van der Waals surface area contributed by atoms with Crippen molar-refractivity contribution in [1.29, 1.82) is 0 Å². The number of fused-ring (bicyclic) bond motifs is 1. The Kier molecular flexibility index (Phi) is 8.42. The maximum absolute atomic E-state index is 13.7. The minimum atomic E-state index is -4.58. The van der Waals surface area contributed by atoms with Crippen LogP contribution in [0.2, 0.25) is 0 Å². The number of ether oxygens (including phenoxy) is 1. The number of nitrogens with zero attached hydrogens (tertiary/aromatic N) is 1. The predicted molar refractivity (Wildman–Crippen MR) is 150 cm³/mol. The van der Waals surface area contributed by atoms with Crippen molar-refractivity contribution in [3.8, 4) is 5.75 Å². The molecule has 0 unspecified atom stereocenters. The molecule has 5 rings (SSSR count). The largest absolute Gasteiger partial charge is 0.490 e. The van der Waals surface area contributed by atoms with E-state index in [9.17, 15) is 27.6 Å². The number of aliphatic imine (C=N–C) groups is 1. The highest BCUT2D eigenvalue weighted by Gasteiger charge is 2.39. The summed E-state index contributed by atoms with van der Waals surface area (Å²) in [4.78, 5) is 44.5. The molecule has 0 aromatic heterocycles. The van der Waals surface area contributed by atoms with Crippen LogP contribution in [-0.2, 0) is 20.8 Å². The molecule has 1 saturated carbocycles. The van der Waals surface area contributed by atoms with Gasteiger partial charge < -0.3 is 15.8 Å². The zero-order valence-electron chi connectivity index (χ0n) is 22.6. The fourth-order valence-electron chi connectivity index (χ4n) is 5.19. The monoisotopic (exact) mass is 577 g/mol. The van der Waals surface area contributed by atoms with E-state index in [4.69, 9.17) is 10.5 Å². The van der Waals surface area contributed by atoms with Gasteiger partial charge in [0.05, 0.1) is 23.7 Å². The smallest absolute Gasteiger partial charge is 0.389 e. The number of ketones is 1. The number of alkyl halides is 3. The number of Topliss-reactive ketones (excluding diaryl/α,β-unsaturated/α-hetero) is 1. The highest BCUT2D eigenvalue weighted by Crippen LogP contribution is 2.35. The van der Waals surface area contributed by atoms with Gasteiger partial charge in [0.15, 0.2) is 11.9 Å². The lowest BCUT2D eigenvalue weighted by Crippen LogP contribution is -2.46. The lowest BCUT2D eigenvalue weighted by atomic mass is 9.81. The molecule has 2 aliphatic rings. The normalized spacial score (nSPS) is 18.2. The second kappa shape index (κ2) is 12.2. The fraction of sp³-hybridized carbons (Fsp3) is 0.312. The maximum Gasteiger partial charge on any atom is 0.389 e. The van der Waals surface area contributed by atoms with E-state index in [1.165, 1.54) is 12.1 Å². The summed E-state index contributed by atoms with van der Waals surface area (Å²) in [6, 6.07) is 22.5. The van der Waals surface area contributed by atoms with Crippen molar-refractivity contribution < 1.29 is 32.3 Å². The molecule has 42 heavy (non-hydrogen) atoms. The van der Waals surface area contributed by atoms with Gasteiger partial charge in [-0.25, -0.2) is 0 Å². The molecule has 0 radical (unpaired) electrons. The molecule has 7 nitrogen and oxygen atoms in total. The molecule has 3 aromatic rings. The number of carbonyl (C=O) groups is 3. The summed E-state index contributed by atoms with van der Waals surface area (Å²) in [7, 11) is 0. The Morgan fingerprint density at radius 1 is 0.976 bits per heavy atom. The second-order valence-corrected chi connectivity index (χ2v) is 10.5. The molecule has 1 heterocycles. The second-order valence-electron chi connectivity index (χ2n) is 10.5. The standard InChI is InChI=1S/C32H30F3N3O4/c33-32(34,35)17-16-23(27(29(36)40)19-8-3-1-4-9-19)31(41)38-30-25(39)18-24-22(12-7-13-26(24)42-21-14-15-21)28(37-30)20-10-5-2-6-11-20/h1-13,21,23,27,30H,14-18H2,(H2,36,40)(H,38,41)/t23-,27+,30-/m1/s1. The van der Waals surface area contributed by atoms with E-state index >= 15 is 0 Å². The topological polar surface area (TPSA) is 111 Å². The average Bonchev–Trinajstić information content (AvgIpc) is 3.79. The molecule has 218 valence electrons. The van der Waals surface area contributed by atoms with Gasteiger partial charge in [-0.05, 0) is 30.9 Å². The van der Waals surface area contributed by atoms with Crippen LogP contribution in [0.15, 0.2) is 83.9 Å². The quantitative estimate of drug-likeness (QED) is 0.359. The van der Waals surface area contributed by atoms with Crippen LogP contribution in [0.3, 0.4) is 0 Å². The van der Waals surface area contributed by atoms with Gasteiger partial charge in [-0.15, -0.1) is 0 Å². The van der Waals surface area contributed by atoms with Crippen molar-refractivity contribution in [3.63, 3.8) is 0 Å². The van der Waals surface area contributed by atoms with Crippen molar-refractivity contribution >= 4 is 23.3 Å². The summed E-state index contributed by atoms with van der Waals surface area (Å²) in [6.07, 6.45) is -6.22. The Hall–Kier alpha value is -4.47. The van der Waals surface area contributed by atoms with E-state index in [1.807, 2.05) is 42.5 Å². The van der Waals surface area contributed by atoms with Gasteiger partial charge >= 0.3 is 6.18 Å². The Balaban J connectivity index is 1.51. The van der Waals surface area contributed by atoms with Crippen LogP contribution in [0.4, 0.5) is 13.2 Å². The van der Waals surface area contributed by atoms with Crippen molar-refractivity contribution in [2.45, 2.75) is 56.5 Å². The molecular formula is C32H30F3N3O4. The van der Waals surface area contributed by atoms with Gasteiger partial charge in [-0.3, -0.25) is 19.4 Å². The SMILES string of the molecule is NC(=O)[C@@H](c1ccccc1)[C@@H](CCC(F)(F)F)C(=O)N[C@H]1N=C(c2ccccc2)c2cccc(OC3CC3)c2CC1=O. The first-order valence-electron chi connectivity index (χ1n) is 13.8. The fourth-order valence-corrected chi connectivity index (χ4v) is 5.19. The minimum Gasteiger partial charge on any atom is -0.490 e. The first-order chi connectivity index (χ1) is 20.1. The first kappa shape index (κ1) is 29.0. The summed E-state index contributed by atoms with van der Waals surface area (Å²) in [5.74, 6) is -4.61. The lowest BCUT2D eigenvalue weighted by molar-refractivity contribution is -0.144. The summed E-state index contributed by atoms with van der Waals surface area (Å²) in [6.45, 7) is 0. The molecule has 3 N–H and O–H groups in total. The molecule has 3 aromatic carbocycles. The number of nitrogens with two attached hydrogens (primary N) is 1. The van der Waals surface area contributed by atoms with Crippen molar-refractivity contribution in [2.24, 2.45) is 16.6 Å². The van der Waals surface area contributed by atoms with Crippen LogP contribution in [-0.4, -0.2) is 41.8 Å². The summed E-state index contributed by atoms with van der Waals surface area (Å²) < 4.78 is 46.0. The van der Waals surface area contributed by atoms with E-state index < -0.39 is 54.6 Å². The first-order valence-corrected chi connectivity index (χ1v) is 13.8. The third kappa shape index (κ3) is 6.87. The minimum absolute atomic E-state index is 0.0700. The third-order valence-electron chi connectivity index (χ3n) is 7.39. The van der Waals surface area contributed by atoms with Crippen molar-refractivity contribution in [3.05, 3.63) is 101 Å². The molecule has 10 heteroatoms. The number of primary amides is 1. The van der Waals surface area contributed by atoms with Crippen molar-refractivity contribution in [2.75, 3.05) is 0 Å². The molecule has 1 fully saturated rings. The lowest BCUT2D eigenvalue weighted by Gasteiger charge is -2.26. The molecular weight excluding hydrogens is 547 g/mol. The van der Waals surface area contributed by atoms with Crippen LogP contribution in [0.1, 0.15) is 53.9 Å². The van der Waals surface area contributed by atoms with Crippen LogP contribution in [0, 0.1) is 5.92 Å². The number of halogens is 3.